The third-order valence-electron chi connectivity index (χ3n) is 4.11. The van der Waals surface area contributed by atoms with Crippen molar-refractivity contribution in [3.8, 4) is 0 Å². The van der Waals surface area contributed by atoms with Gasteiger partial charge in [-0.2, -0.15) is 0 Å². The molecule has 1 unspecified atom stereocenters. The lowest BCUT2D eigenvalue weighted by Gasteiger charge is -2.16. The van der Waals surface area contributed by atoms with Crippen LogP contribution >= 0.6 is 0 Å². The Morgan fingerprint density at radius 1 is 1.23 bits per heavy atom. The Morgan fingerprint density at radius 2 is 2.00 bits per heavy atom. The van der Waals surface area contributed by atoms with Crippen LogP contribution in [0.3, 0.4) is 0 Å². The normalized spacial score (nSPS) is 13.7. The van der Waals surface area contributed by atoms with Crippen molar-refractivity contribution in [2.24, 2.45) is 4.99 Å². The molecular weight excluding hydrogens is 272 g/mol. The summed E-state index contributed by atoms with van der Waals surface area (Å²) < 4.78 is 0. The topological polar surface area (TPSA) is 41.5 Å². The fourth-order valence-electron chi connectivity index (χ4n) is 2.78. The molecule has 0 saturated carbocycles. The van der Waals surface area contributed by atoms with Crippen LogP contribution in [0, 0.1) is 6.92 Å². The molecule has 0 fully saturated rings. The Hall–Kier alpha value is -2.42. The van der Waals surface area contributed by atoms with Gasteiger partial charge < -0.3 is 5.32 Å². The maximum absolute atomic E-state index is 12.6. The molecule has 0 radical (unpaired) electrons. The molecule has 0 saturated heterocycles. The minimum Gasteiger partial charge on any atom is -0.326 e. The van der Waals surface area contributed by atoms with E-state index in [1.807, 2.05) is 43.5 Å². The zero-order valence-corrected chi connectivity index (χ0v) is 13.0. The lowest BCUT2D eigenvalue weighted by molar-refractivity contribution is -0.117. The van der Waals surface area contributed by atoms with E-state index in [-0.39, 0.29) is 11.8 Å². The molecule has 3 rings (SSSR count). The van der Waals surface area contributed by atoms with Crippen molar-refractivity contribution in [1.29, 1.82) is 0 Å². The first kappa shape index (κ1) is 14.5. The van der Waals surface area contributed by atoms with E-state index in [1.165, 1.54) is 11.1 Å². The SMILES string of the molecule is CCC(C(=O)Nc1ccc2c(c1)C=NC2)c1ccc(C)cc1. The van der Waals surface area contributed by atoms with E-state index in [0.717, 1.165) is 29.8 Å². The van der Waals surface area contributed by atoms with Gasteiger partial charge in [-0.3, -0.25) is 9.79 Å². The van der Waals surface area contributed by atoms with E-state index in [2.05, 4.69) is 29.4 Å². The molecule has 1 aliphatic heterocycles. The second-order valence-electron chi connectivity index (χ2n) is 5.74. The first-order valence-electron chi connectivity index (χ1n) is 7.67. The summed E-state index contributed by atoms with van der Waals surface area (Å²) in [5.74, 6) is -0.0799. The number of aryl methyl sites for hydroxylation is 1. The Bertz CT molecular complexity index is 717. The van der Waals surface area contributed by atoms with E-state index < -0.39 is 0 Å². The average molecular weight is 292 g/mol. The van der Waals surface area contributed by atoms with Crippen LogP contribution in [-0.4, -0.2) is 12.1 Å². The number of amides is 1. The predicted octanol–water partition coefficient (Wildman–Crippen LogP) is 4.06. The standard InChI is InChI=1S/C19H20N2O/c1-3-18(14-6-4-13(2)5-7-14)19(22)21-17-9-8-15-11-20-12-16(15)10-17/h4-10,12,18H,3,11H2,1-2H3,(H,21,22). The minimum atomic E-state index is -0.123. The summed E-state index contributed by atoms with van der Waals surface area (Å²) >= 11 is 0. The first-order valence-corrected chi connectivity index (χ1v) is 7.67. The second kappa shape index (κ2) is 6.14. The number of carbonyl (C=O) groups excluding carboxylic acids is 1. The van der Waals surface area contributed by atoms with Gasteiger partial charge in [-0.05, 0) is 42.2 Å². The van der Waals surface area contributed by atoms with Crippen molar-refractivity contribution in [3.63, 3.8) is 0 Å². The van der Waals surface area contributed by atoms with Crippen LogP contribution in [-0.2, 0) is 11.3 Å². The predicted molar refractivity (Wildman–Crippen MR) is 90.6 cm³/mol. The van der Waals surface area contributed by atoms with Crippen LogP contribution in [0.4, 0.5) is 5.69 Å². The molecule has 2 aromatic rings. The Morgan fingerprint density at radius 3 is 2.73 bits per heavy atom. The van der Waals surface area contributed by atoms with Gasteiger partial charge in [0.05, 0.1) is 12.5 Å². The molecule has 0 aromatic heterocycles. The van der Waals surface area contributed by atoms with E-state index >= 15 is 0 Å². The van der Waals surface area contributed by atoms with Crippen molar-refractivity contribution in [1.82, 2.24) is 0 Å². The molecular formula is C19H20N2O. The lowest BCUT2D eigenvalue weighted by Crippen LogP contribution is -2.20. The molecule has 1 aliphatic rings. The number of anilines is 1. The van der Waals surface area contributed by atoms with Crippen LogP contribution in [0.1, 0.15) is 41.5 Å². The highest BCUT2D eigenvalue weighted by Gasteiger charge is 2.19. The number of hydrogen-bond acceptors (Lipinski definition) is 2. The zero-order chi connectivity index (χ0) is 15.5. The van der Waals surface area contributed by atoms with Crippen LogP contribution < -0.4 is 5.32 Å². The third-order valence-corrected chi connectivity index (χ3v) is 4.11. The number of carbonyl (C=O) groups is 1. The van der Waals surface area contributed by atoms with Gasteiger partial charge in [0.15, 0.2) is 0 Å². The zero-order valence-electron chi connectivity index (χ0n) is 13.0. The van der Waals surface area contributed by atoms with Crippen LogP contribution in [0.15, 0.2) is 47.5 Å². The lowest BCUT2D eigenvalue weighted by atomic mass is 9.94. The number of benzene rings is 2. The van der Waals surface area contributed by atoms with Crippen molar-refractivity contribution >= 4 is 17.8 Å². The fraction of sp³-hybridized carbons (Fsp3) is 0.263. The molecule has 2 aromatic carbocycles. The summed E-state index contributed by atoms with van der Waals surface area (Å²) in [5, 5.41) is 3.04. The highest BCUT2D eigenvalue weighted by atomic mass is 16.1. The Kier molecular flexibility index (Phi) is 4.05. The van der Waals surface area contributed by atoms with Gasteiger partial charge in [-0.1, -0.05) is 42.8 Å². The van der Waals surface area contributed by atoms with E-state index in [4.69, 9.17) is 0 Å². The number of hydrogen-bond donors (Lipinski definition) is 1. The highest BCUT2D eigenvalue weighted by molar-refractivity contribution is 5.97. The molecule has 1 heterocycles. The van der Waals surface area contributed by atoms with Gasteiger partial charge in [-0.25, -0.2) is 0 Å². The minimum absolute atomic E-state index is 0.0428. The number of rotatable bonds is 4. The van der Waals surface area contributed by atoms with E-state index in [0.29, 0.717) is 0 Å². The maximum Gasteiger partial charge on any atom is 0.231 e. The van der Waals surface area contributed by atoms with Gasteiger partial charge in [0.25, 0.3) is 0 Å². The molecule has 22 heavy (non-hydrogen) atoms. The Balaban J connectivity index is 1.77. The molecule has 1 N–H and O–H groups in total. The summed E-state index contributed by atoms with van der Waals surface area (Å²) in [6.07, 6.45) is 2.64. The van der Waals surface area contributed by atoms with E-state index in [9.17, 15) is 4.79 Å². The quantitative estimate of drug-likeness (QED) is 0.907. The molecule has 0 spiro atoms. The monoisotopic (exact) mass is 292 g/mol. The third kappa shape index (κ3) is 2.93. The molecule has 1 atom stereocenters. The summed E-state index contributed by atoms with van der Waals surface area (Å²) in [6.45, 7) is 4.83. The molecule has 3 nitrogen and oxygen atoms in total. The molecule has 112 valence electrons. The summed E-state index contributed by atoms with van der Waals surface area (Å²) in [7, 11) is 0. The van der Waals surface area contributed by atoms with Gasteiger partial charge in [0.1, 0.15) is 0 Å². The summed E-state index contributed by atoms with van der Waals surface area (Å²) in [6, 6.07) is 14.2. The smallest absolute Gasteiger partial charge is 0.231 e. The van der Waals surface area contributed by atoms with Crippen LogP contribution in [0.2, 0.25) is 0 Å². The van der Waals surface area contributed by atoms with Crippen LogP contribution in [0.5, 0.6) is 0 Å². The molecule has 1 amide bonds. The van der Waals surface area contributed by atoms with Crippen molar-refractivity contribution < 1.29 is 4.79 Å². The van der Waals surface area contributed by atoms with Gasteiger partial charge >= 0.3 is 0 Å². The van der Waals surface area contributed by atoms with Gasteiger partial charge in [0.2, 0.25) is 5.91 Å². The molecule has 0 bridgehead atoms. The molecule has 0 aliphatic carbocycles. The number of aliphatic imine (C=N–C) groups is 1. The largest absolute Gasteiger partial charge is 0.326 e. The Labute approximate surface area is 131 Å². The van der Waals surface area contributed by atoms with Crippen molar-refractivity contribution in [2.75, 3.05) is 5.32 Å². The van der Waals surface area contributed by atoms with Crippen LogP contribution in [0.25, 0.3) is 0 Å². The fourth-order valence-corrected chi connectivity index (χ4v) is 2.78. The average Bonchev–Trinajstić information content (AvgIpc) is 2.97. The van der Waals surface area contributed by atoms with Gasteiger partial charge in [0, 0.05) is 11.9 Å². The van der Waals surface area contributed by atoms with Gasteiger partial charge in [-0.15, -0.1) is 0 Å². The summed E-state index contributed by atoms with van der Waals surface area (Å²) in [4.78, 5) is 16.8. The highest BCUT2D eigenvalue weighted by Crippen LogP contribution is 2.24. The number of nitrogens with one attached hydrogen (secondary N) is 1. The maximum atomic E-state index is 12.6. The van der Waals surface area contributed by atoms with E-state index in [1.54, 1.807) is 0 Å². The number of fused-ring (bicyclic) bond motifs is 1. The second-order valence-corrected chi connectivity index (χ2v) is 5.74. The van der Waals surface area contributed by atoms with Crippen molar-refractivity contribution in [3.05, 3.63) is 64.7 Å². The number of nitrogens with zero attached hydrogens (tertiary/aromatic N) is 1. The first-order chi connectivity index (χ1) is 10.7. The van der Waals surface area contributed by atoms with Crippen molar-refractivity contribution in [2.45, 2.75) is 32.7 Å². The summed E-state index contributed by atoms with van der Waals surface area (Å²) in [5.41, 5.74) is 5.41. The molecule has 3 heteroatoms.